The third-order valence-electron chi connectivity index (χ3n) is 5.01. The minimum Gasteiger partial charge on any atom is -0.394 e. The van der Waals surface area contributed by atoms with Crippen LogP contribution >= 0.6 is 0 Å². The van der Waals surface area contributed by atoms with Gasteiger partial charge in [0.2, 0.25) is 0 Å². The van der Waals surface area contributed by atoms with E-state index in [9.17, 15) is 5.11 Å². The molecule has 1 fully saturated rings. The van der Waals surface area contributed by atoms with E-state index < -0.39 is 0 Å². The van der Waals surface area contributed by atoms with Gasteiger partial charge in [-0.15, -0.1) is 0 Å². The Morgan fingerprint density at radius 2 is 1.81 bits per heavy atom. The highest BCUT2D eigenvalue weighted by Crippen LogP contribution is 2.37. The van der Waals surface area contributed by atoms with Gasteiger partial charge in [0.1, 0.15) is 0 Å². The van der Waals surface area contributed by atoms with E-state index in [-0.39, 0.29) is 12.6 Å². The van der Waals surface area contributed by atoms with E-state index in [1.807, 2.05) is 18.2 Å². The van der Waals surface area contributed by atoms with Crippen LogP contribution in [0.1, 0.15) is 64.5 Å². The van der Waals surface area contributed by atoms with Crippen LogP contribution in [0.2, 0.25) is 0 Å². The quantitative estimate of drug-likeness (QED) is 0.810. The molecular weight excluding hydrogens is 258 g/mol. The van der Waals surface area contributed by atoms with E-state index in [4.69, 9.17) is 0 Å². The number of hydrogen-bond acceptors (Lipinski definition) is 2. The highest BCUT2D eigenvalue weighted by molar-refractivity contribution is 5.19. The van der Waals surface area contributed by atoms with Crippen LogP contribution in [0.3, 0.4) is 0 Å². The molecule has 2 nitrogen and oxygen atoms in total. The van der Waals surface area contributed by atoms with Crippen molar-refractivity contribution >= 4 is 0 Å². The topological polar surface area (TPSA) is 32.3 Å². The molecule has 1 saturated carbocycles. The molecule has 0 saturated heterocycles. The van der Waals surface area contributed by atoms with Crippen molar-refractivity contribution < 1.29 is 5.11 Å². The van der Waals surface area contributed by atoms with Gasteiger partial charge < -0.3 is 10.4 Å². The maximum Gasteiger partial charge on any atom is 0.0626 e. The van der Waals surface area contributed by atoms with Gasteiger partial charge >= 0.3 is 0 Å². The SMILES string of the molecule is CC(C)(C)C1CCCC(N[C@@H](CO)c2ccccc2)CC1. The van der Waals surface area contributed by atoms with Gasteiger partial charge in [-0.25, -0.2) is 0 Å². The first-order chi connectivity index (χ1) is 10.0. The van der Waals surface area contributed by atoms with Crippen molar-refractivity contribution in [3.8, 4) is 0 Å². The van der Waals surface area contributed by atoms with Crippen LogP contribution in [0.5, 0.6) is 0 Å². The fraction of sp³-hybridized carbons (Fsp3) is 0.684. The van der Waals surface area contributed by atoms with Crippen LogP contribution in [0.25, 0.3) is 0 Å². The average molecular weight is 289 g/mol. The third kappa shape index (κ3) is 4.82. The molecule has 0 aromatic heterocycles. The van der Waals surface area contributed by atoms with Crippen molar-refractivity contribution in [3.63, 3.8) is 0 Å². The van der Waals surface area contributed by atoms with Crippen LogP contribution in [0, 0.1) is 11.3 Å². The van der Waals surface area contributed by atoms with Gasteiger partial charge in [-0.1, -0.05) is 57.5 Å². The monoisotopic (exact) mass is 289 g/mol. The summed E-state index contributed by atoms with van der Waals surface area (Å²) in [7, 11) is 0. The lowest BCUT2D eigenvalue weighted by Crippen LogP contribution is -2.34. The Bertz CT molecular complexity index is 409. The second-order valence-electron chi connectivity index (χ2n) is 7.58. The molecule has 2 N–H and O–H groups in total. The van der Waals surface area contributed by atoms with Gasteiger partial charge in [-0.05, 0) is 42.6 Å². The zero-order chi connectivity index (χ0) is 15.3. The molecule has 0 radical (unpaired) electrons. The molecule has 1 aromatic carbocycles. The van der Waals surface area contributed by atoms with E-state index in [0.29, 0.717) is 11.5 Å². The maximum absolute atomic E-state index is 9.70. The molecule has 0 bridgehead atoms. The van der Waals surface area contributed by atoms with Crippen LogP contribution in [0.15, 0.2) is 30.3 Å². The molecule has 1 aliphatic carbocycles. The van der Waals surface area contributed by atoms with Crippen molar-refractivity contribution in [3.05, 3.63) is 35.9 Å². The summed E-state index contributed by atoms with van der Waals surface area (Å²) < 4.78 is 0. The summed E-state index contributed by atoms with van der Waals surface area (Å²) in [5.41, 5.74) is 1.61. The number of benzene rings is 1. The summed E-state index contributed by atoms with van der Waals surface area (Å²) in [5.74, 6) is 0.827. The van der Waals surface area contributed by atoms with Crippen molar-refractivity contribution in [2.75, 3.05) is 6.61 Å². The predicted molar refractivity (Wildman–Crippen MR) is 89.2 cm³/mol. The molecule has 1 aromatic rings. The minimum absolute atomic E-state index is 0.0717. The van der Waals surface area contributed by atoms with Crippen molar-refractivity contribution in [1.82, 2.24) is 5.32 Å². The zero-order valence-electron chi connectivity index (χ0n) is 13.8. The highest BCUT2D eigenvalue weighted by Gasteiger charge is 2.28. The second kappa shape index (κ2) is 7.42. The highest BCUT2D eigenvalue weighted by atomic mass is 16.3. The third-order valence-corrected chi connectivity index (χ3v) is 5.01. The van der Waals surface area contributed by atoms with E-state index in [2.05, 4.69) is 38.2 Å². The fourth-order valence-corrected chi connectivity index (χ4v) is 3.56. The largest absolute Gasteiger partial charge is 0.394 e. The Balaban J connectivity index is 1.93. The molecule has 3 atom stereocenters. The Labute approximate surface area is 130 Å². The summed E-state index contributed by atoms with van der Waals surface area (Å²) in [6, 6.07) is 10.9. The lowest BCUT2D eigenvalue weighted by Gasteiger charge is -2.30. The summed E-state index contributed by atoms with van der Waals surface area (Å²) in [5, 5.41) is 13.4. The average Bonchev–Trinajstić information content (AvgIpc) is 2.71. The van der Waals surface area contributed by atoms with Crippen LogP contribution in [-0.4, -0.2) is 17.8 Å². The molecule has 0 heterocycles. The smallest absolute Gasteiger partial charge is 0.0626 e. The standard InChI is InChI=1S/C19H31NO/c1-19(2,3)16-10-7-11-17(13-12-16)20-18(14-21)15-8-5-4-6-9-15/h4-6,8-9,16-18,20-21H,7,10-14H2,1-3H3/t16?,17?,18-/m0/s1. The van der Waals surface area contributed by atoms with Crippen molar-refractivity contribution in [1.29, 1.82) is 0 Å². The van der Waals surface area contributed by atoms with Crippen molar-refractivity contribution in [2.45, 2.75) is 65.0 Å². The first-order valence-electron chi connectivity index (χ1n) is 8.42. The Morgan fingerprint density at radius 3 is 2.43 bits per heavy atom. The minimum atomic E-state index is 0.0717. The molecule has 21 heavy (non-hydrogen) atoms. The molecular formula is C19H31NO. The van der Waals surface area contributed by atoms with Gasteiger partial charge in [0.15, 0.2) is 0 Å². The van der Waals surface area contributed by atoms with Crippen LogP contribution in [0.4, 0.5) is 0 Å². The summed E-state index contributed by atoms with van der Waals surface area (Å²) in [4.78, 5) is 0. The zero-order valence-corrected chi connectivity index (χ0v) is 13.8. The Kier molecular flexibility index (Phi) is 5.83. The van der Waals surface area contributed by atoms with Gasteiger partial charge in [0, 0.05) is 6.04 Å². The molecule has 1 aliphatic rings. The molecule has 2 unspecified atom stereocenters. The number of aliphatic hydroxyl groups is 1. The summed E-state index contributed by atoms with van der Waals surface area (Å²) >= 11 is 0. The predicted octanol–water partition coefficient (Wildman–Crippen LogP) is 4.30. The first-order valence-corrected chi connectivity index (χ1v) is 8.42. The molecule has 2 rings (SSSR count). The lowest BCUT2D eigenvalue weighted by molar-refractivity contribution is 0.208. The molecule has 2 heteroatoms. The fourth-order valence-electron chi connectivity index (χ4n) is 3.56. The maximum atomic E-state index is 9.70. The van der Waals surface area contributed by atoms with Gasteiger partial charge in [-0.3, -0.25) is 0 Å². The van der Waals surface area contributed by atoms with Crippen LogP contribution < -0.4 is 5.32 Å². The van der Waals surface area contributed by atoms with Crippen LogP contribution in [-0.2, 0) is 0 Å². The van der Waals surface area contributed by atoms with Gasteiger partial charge in [-0.2, -0.15) is 0 Å². The number of rotatable bonds is 4. The molecule has 0 aliphatic heterocycles. The number of aliphatic hydroxyl groups excluding tert-OH is 1. The van der Waals surface area contributed by atoms with Gasteiger partial charge in [0.05, 0.1) is 12.6 Å². The first kappa shape index (κ1) is 16.5. The molecule has 118 valence electrons. The Morgan fingerprint density at radius 1 is 1.10 bits per heavy atom. The molecule has 0 spiro atoms. The number of hydrogen-bond donors (Lipinski definition) is 2. The van der Waals surface area contributed by atoms with E-state index in [1.165, 1.54) is 37.7 Å². The van der Waals surface area contributed by atoms with E-state index >= 15 is 0 Å². The summed E-state index contributed by atoms with van der Waals surface area (Å²) in [6.45, 7) is 7.27. The van der Waals surface area contributed by atoms with Gasteiger partial charge in [0.25, 0.3) is 0 Å². The normalized spacial score (nSPS) is 25.3. The second-order valence-corrected chi connectivity index (χ2v) is 7.58. The Hall–Kier alpha value is -0.860. The number of nitrogens with one attached hydrogen (secondary N) is 1. The lowest BCUT2D eigenvalue weighted by atomic mass is 9.76. The summed E-state index contributed by atoms with van der Waals surface area (Å²) in [6.07, 6.45) is 6.40. The van der Waals surface area contributed by atoms with Crippen molar-refractivity contribution in [2.24, 2.45) is 11.3 Å². The molecule has 0 amide bonds. The van der Waals surface area contributed by atoms with E-state index in [1.54, 1.807) is 0 Å². The van der Waals surface area contributed by atoms with E-state index in [0.717, 1.165) is 5.92 Å².